The van der Waals surface area contributed by atoms with Gasteiger partial charge in [-0.15, -0.1) is 0 Å². The minimum atomic E-state index is 0.597. The van der Waals surface area contributed by atoms with Gasteiger partial charge in [0.05, 0.1) is 0 Å². The molecule has 0 radical (unpaired) electrons. The van der Waals surface area contributed by atoms with Crippen LogP contribution in [0.5, 0.6) is 0 Å². The molecule has 0 aliphatic heterocycles. The van der Waals surface area contributed by atoms with Crippen molar-refractivity contribution in [1.29, 1.82) is 0 Å². The molecule has 1 saturated carbocycles. The Morgan fingerprint density at radius 2 is 1.70 bits per heavy atom. The highest BCUT2D eigenvalue weighted by atomic mass is 15.0. The van der Waals surface area contributed by atoms with Gasteiger partial charge in [-0.05, 0) is 49.1 Å². The lowest BCUT2D eigenvalue weighted by atomic mass is 9.93. The van der Waals surface area contributed by atoms with Crippen LogP contribution < -0.4 is 5.32 Å². The molecule has 2 aliphatic rings. The zero-order valence-electron chi connectivity index (χ0n) is 12.9. The molecule has 0 bridgehead atoms. The molecule has 0 aromatic heterocycles. The molecule has 0 saturated heterocycles. The monoisotopic (exact) mass is 271 g/mol. The van der Waals surface area contributed by atoms with Gasteiger partial charge in [-0.2, -0.15) is 0 Å². The van der Waals surface area contributed by atoms with Crippen LogP contribution in [0.25, 0.3) is 0 Å². The summed E-state index contributed by atoms with van der Waals surface area (Å²) in [5.74, 6) is 0.841. The summed E-state index contributed by atoms with van der Waals surface area (Å²) in [6.45, 7) is 2.45. The molecule has 1 aromatic carbocycles. The van der Waals surface area contributed by atoms with E-state index in [2.05, 4.69) is 36.5 Å². The van der Waals surface area contributed by atoms with E-state index in [1.54, 1.807) is 11.1 Å². The SMILES string of the molecule is CC1CCCCCC1NC1CCCCc2ccccc21. The number of nitrogens with one attached hydrogen (secondary N) is 1. The highest BCUT2D eigenvalue weighted by molar-refractivity contribution is 5.31. The molecular formula is C19H29N. The predicted octanol–water partition coefficient (Wildman–Crippen LogP) is 5.01. The molecule has 3 unspecified atom stereocenters. The maximum absolute atomic E-state index is 4.04. The summed E-state index contributed by atoms with van der Waals surface area (Å²) < 4.78 is 0. The van der Waals surface area contributed by atoms with Crippen LogP contribution in [0.4, 0.5) is 0 Å². The fourth-order valence-electron chi connectivity index (χ4n) is 4.09. The largest absolute Gasteiger partial charge is 0.307 e. The first kappa shape index (κ1) is 14.1. The standard InChI is InChI=1S/C19H29N/c1-15-9-3-2-4-13-18(15)20-19-14-8-6-11-16-10-5-7-12-17(16)19/h5,7,10,12,15,18-20H,2-4,6,8-9,11,13-14H2,1H3. The van der Waals surface area contributed by atoms with E-state index in [-0.39, 0.29) is 0 Å². The van der Waals surface area contributed by atoms with Crippen molar-refractivity contribution < 1.29 is 0 Å². The topological polar surface area (TPSA) is 12.0 Å². The van der Waals surface area contributed by atoms with Crippen molar-refractivity contribution in [3.8, 4) is 0 Å². The highest BCUT2D eigenvalue weighted by Crippen LogP contribution is 2.31. The van der Waals surface area contributed by atoms with E-state index in [1.165, 1.54) is 57.8 Å². The Morgan fingerprint density at radius 1 is 0.900 bits per heavy atom. The van der Waals surface area contributed by atoms with Crippen molar-refractivity contribution in [1.82, 2.24) is 5.32 Å². The molecule has 0 heterocycles. The minimum Gasteiger partial charge on any atom is -0.307 e. The lowest BCUT2D eigenvalue weighted by molar-refractivity contribution is 0.313. The van der Waals surface area contributed by atoms with Gasteiger partial charge in [0.15, 0.2) is 0 Å². The van der Waals surface area contributed by atoms with Crippen molar-refractivity contribution in [2.45, 2.75) is 76.8 Å². The van der Waals surface area contributed by atoms with E-state index in [4.69, 9.17) is 0 Å². The first-order valence-electron chi connectivity index (χ1n) is 8.68. The summed E-state index contributed by atoms with van der Waals surface area (Å²) in [6.07, 6.45) is 12.4. The molecule has 1 N–H and O–H groups in total. The van der Waals surface area contributed by atoms with Crippen LogP contribution in [0.3, 0.4) is 0 Å². The van der Waals surface area contributed by atoms with Crippen LogP contribution in [-0.4, -0.2) is 6.04 Å². The molecular weight excluding hydrogens is 242 g/mol. The Hall–Kier alpha value is -0.820. The molecule has 3 atom stereocenters. The number of hydrogen-bond donors (Lipinski definition) is 1. The Balaban J connectivity index is 1.75. The summed E-state index contributed by atoms with van der Waals surface area (Å²) in [6, 6.07) is 10.4. The second-order valence-electron chi connectivity index (χ2n) is 6.89. The Bertz CT molecular complexity index is 426. The molecule has 0 spiro atoms. The van der Waals surface area contributed by atoms with Gasteiger partial charge in [0.2, 0.25) is 0 Å². The molecule has 1 aromatic rings. The molecule has 20 heavy (non-hydrogen) atoms. The maximum Gasteiger partial charge on any atom is 0.0325 e. The van der Waals surface area contributed by atoms with E-state index < -0.39 is 0 Å². The Kier molecular flexibility index (Phi) is 4.77. The smallest absolute Gasteiger partial charge is 0.0325 e. The Morgan fingerprint density at radius 3 is 2.65 bits per heavy atom. The van der Waals surface area contributed by atoms with E-state index >= 15 is 0 Å². The first-order chi connectivity index (χ1) is 9.84. The molecule has 2 aliphatic carbocycles. The van der Waals surface area contributed by atoms with Crippen molar-refractivity contribution in [3.63, 3.8) is 0 Å². The van der Waals surface area contributed by atoms with Crippen molar-refractivity contribution in [2.75, 3.05) is 0 Å². The van der Waals surface area contributed by atoms with Crippen LogP contribution >= 0.6 is 0 Å². The van der Waals surface area contributed by atoms with Gasteiger partial charge in [-0.25, -0.2) is 0 Å². The quantitative estimate of drug-likeness (QED) is 0.589. The summed E-state index contributed by atoms with van der Waals surface area (Å²) in [5, 5.41) is 4.04. The van der Waals surface area contributed by atoms with Gasteiger partial charge in [0.25, 0.3) is 0 Å². The first-order valence-corrected chi connectivity index (χ1v) is 8.68. The molecule has 0 amide bonds. The van der Waals surface area contributed by atoms with Gasteiger partial charge < -0.3 is 5.32 Å². The number of hydrogen-bond acceptors (Lipinski definition) is 1. The van der Waals surface area contributed by atoms with Gasteiger partial charge >= 0.3 is 0 Å². The number of aryl methyl sites for hydroxylation is 1. The van der Waals surface area contributed by atoms with Crippen LogP contribution in [0.15, 0.2) is 24.3 Å². The van der Waals surface area contributed by atoms with Gasteiger partial charge in [-0.3, -0.25) is 0 Å². The van der Waals surface area contributed by atoms with Crippen molar-refractivity contribution >= 4 is 0 Å². The van der Waals surface area contributed by atoms with E-state index in [1.807, 2.05) is 0 Å². The van der Waals surface area contributed by atoms with Crippen LogP contribution in [0, 0.1) is 5.92 Å². The van der Waals surface area contributed by atoms with Crippen LogP contribution in [0.1, 0.15) is 75.5 Å². The average Bonchev–Trinajstić information content (AvgIpc) is 2.79. The normalized spacial score (nSPS) is 31.1. The van der Waals surface area contributed by atoms with E-state index in [0.29, 0.717) is 6.04 Å². The van der Waals surface area contributed by atoms with Crippen molar-refractivity contribution in [3.05, 3.63) is 35.4 Å². The number of benzene rings is 1. The molecule has 1 fully saturated rings. The number of fused-ring (bicyclic) bond motifs is 1. The summed E-state index contributed by atoms with van der Waals surface area (Å²) in [5.41, 5.74) is 3.17. The maximum atomic E-state index is 4.04. The molecule has 1 nitrogen and oxygen atoms in total. The number of rotatable bonds is 2. The second kappa shape index (κ2) is 6.76. The average molecular weight is 271 g/mol. The fraction of sp³-hybridized carbons (Fsp3) is 0.684. The van der Waals surface area contributed by atoms with E-state index in [0.717, 1.165) is 12.0 Å². The van der Waals surface area contributed by atoms with Gasteiger partial charge in [-0.1, -0.05) is 56.9 Å². The third-order valence-electron chi connectivity index (χ3n) is 5.40. The third-order valence-corrected chi connectivity index (χ3v) is 5.40. The van der Waals surface area contributed by atoms with Crippen molar-refractivity contribution in [2.24, 2.45) is 5.92 Å². The van der Waals surface area contributed by atoms with E-state index in [9.17, 15) is 0 Å². The zero-order chi connectivity index (χ0) is 13.8. The summed E-state index contributed by atoms with van der Waals surface area (Å²) >= 11 is 0. The fourth-order valence-corrected chi connectivity index (χ4v) is 4.09. The van der Waals surface area contributed by atoms with Gasteiger partial charge in [0.1, 0.15) is 0 Å². The zero-order valence-corrected chi connectivity index (χ0v) is 12.9. The molecule has 1 heteroatoms. The highest BCUT2D eigenvalue weighted by Gasteiger charge is 2.25. The third kappa shape index (κ3) is 3.25. The molecule has 110 valence electrons. The minimum absolute atomic E-state index is 0.597. The van der Waals surface area contributed by atoms with Crippen LogP contribution in [0.2, 0.25) is 0 Å². The summed E-state index contributed by atoms with van der Waals surface area (Å²) in [4.78, 5) is 0. The lowest BCUT2D eigenvalue weighted by Gasteiger charge is -2.29. The van der Waals surface area contributed by atoms with Crippen LogP contribution in [-0.2, 0) is 6.42 Å². The summed E-state index contributed by atoms with van der Waals surface area (Å²) in [7, 11) is 0. The lowest BCUT2D eigenvalue weighted by Crippen LogP contribution is -2.37. The van der Waals surface area contributed by atoms with Gasteiger partial charge in [0, 0.05) is 12.1 Å². The second-order valence-corrected chi connectivity index (χ2v) is 6.89. The molecule has 3 rings (SSSR count). The Labute approximate surface area is 124 Å². The predicted molar refractivity (Wildman–Crippen MR) is 85.9 cm³/mol.